The SMILES string of the molecule is CN(Cc1cc(C(F)(F)F)c(=O)[nH]n1)[C@@H](COCc1ccccc1)CC(=O)N1CCN(c2ncc(C(F)(F)F)cn2)CC1. The summed E-state index contributed by atoms with van der Waals surface area (Å²) in [5.74, 6) is -0.114. The van der Waals surface area contributed by atoms with Crippen LogP contribution in [0.1, 0.15) is 28.8 Å². The Labute approximate surface area is 242 Å². The van der Waals surface area contributed by atoms with Crippen molar-refractivity contribution in [3.63, 3.8) is 0 Å². The van der Waals surface area contributed by atoms with E-state index in [-0.39, 0.29) is 56.8 Å². The molecule has 1 aliphatic rings. The quantitative estimate of drug-likeness (QED) is 0.347. The number of carbonyl (C=O) groups is 1. The summed E-state index contributed by atoms with van der Waals surface area (Å²) in [5.41, 5.74) is -2.82. The van der Waals surface area contributed by atoms with Gasteiger partial charge in [-0.15, -0.1) is 0 Å². The Kier molecular flexibility index (Phi) is 10.0. The second kappa shape index (κ2) is 13.5. The number of likely N-dealkylation sites (N-methyl/N-ethyl adjacent to an activating group) is 1. The summed E-state index contributed by atoms with van der Waals surface area (Å²) in [4.78, 5) is 37.4. The fourth-order valence-corrected chi connectivity index (χ4v) is 4.47. The number of hydrogen-bond donors (Lipinski definition) is 1. The number of hydrogen-bond acceptors (Lipinski definition) is 8. The van der Waals surface area contributed by atoms with Crippen LogP contribution < -0.4 is 10.5 Å². The van der Waals surface area contributed by atoms with Gasteiger partial charge in [0.25, 0.3) is 5.56 Å². The smallest absolute Gasteiger partial charge is 0.375 e. The first-order chi connectivity index (χ1) is 20.3. The number of rotatable bonds is 10. The number of H-pyrrole nitrogens is 1. The summed E-state index contributed by atoms with van der Waals surface area (Å²) in [6.07, 6.45) is -8.01. The molecule has 0 saturated carbocycles. The first-order valence-corrected chi connectivity index (χ1v) is 13.2. The minimum absolute atomic E-state index is 0.0302. The summed E-state index contributed by atoms with van der Waals surface area (Å²) >= 11 is 0. The van der Waals surface area contributed by atoms with Crippen molar-refractivity contribution in [2.24, 2.45) is 0 Å². The van der Waals surface area contributed by atoms with Gasteiger partial charge in [0.1, 0.15) is 5.56 Å². The molecule has 0 radical (unpaired) electrons. The van der Waals surface area contributed by atoms with Crippen LogP contribution in [0.4, 0.5) is 32.3 Å². The molecule has 0 aliphatic carbocycles. The zero-order valence-electron chi connectivity index (χ0n) is 23.0. The number of aromatic nitrogens is 4. The zero-order valence-corrected chi connectivity index (χ0v) is 23.0. The molecule has 1 aromatic carbocycles. The molecule has 43 heavy (non-hydrogen) atoms. The molecule has 3 heterocycles. The third-order valence-corrected chi connectivity index (χ3v) is 6.91. The van der Waals surface area contributed by atoms with Crippen LogP contribution in [-0.2, 0) is 35.0 Å². The van der Waals surface area contributed by atoms with E-state index in [1.807, 2.05) is 35.4 Å². The van der Waals surface area contributed by atoms with Crippen molar-refractivity contribution in [1.82, 2.24) is 30.0 Å². The Morgan fingerprint density at radius 2 is 1.67 bits per heavy atom. The van der Waals surface area contributed by atoms with Crippen molar-refractivity contribution in [3.8, 4) is 0 Å². The molecule has 0 unspecified atom stereocenters. The number of amides is 1. The third kappa shape index (κ3) is 8.73. The van der Waals surface area contributed by atoms with Crippen LogP contribution in [0.25, 0.3) is 0 Å². The average Bonchev–Trinajstić information content (AvgIpc) is 2.97. The summed E-state index contributed by atoms with van der Waals surface area (Å²) in [7, 11) is 1.61. The van der Waals surface area contributed by atoms with Gasteiger partial charge in [-0.1, -0.05) is 30.3 Å². The van der Waals surface area contributed by atoms with Crippen molar-refractivity contribution in [1.29, 1.82) is 0 Å². The van der Waals surface area contributed by atoms with Gasteiger partial charge in [-0.25, -0.2) is 15.1 Å². The predicted octanol–water partition coefficient (Wildman–Crippen LogP) is 3.35. The van der Waals surface area contributed by atoms with Crippen LogP contribution in [-0.4, -0.2) is 81.7 Å². The zero-order chi connectivity index (χ0) is 31.2. The molecule has 10 nitrogen and oxygen atoms in total. The number of nitrogens with one attached hydrogen (secondary N) is 1. The summed E-state index contributed by atoms with van der Waals surface area (Å²) < 4.78 is 84.0. The van der Waals surface area contributed by atoms with E-state index in [9.17, 15) is 35.9 Å². The molecule has 1 amide bonds. The molecule has 1 atom stereocenters. The number of nitrogens with zero attached hydrogens (tertiary/aromatic N) is 6. The Bertz CT molecular complexity index is 1410. The van der Waals surface area contributed by atoms with Gasteiger partial charge in [-0.2, -0.15) is 31.4 Å². The van der Waals surface area contributed by atoms with Crippen LogP contribution in [0.3, 0.4) is 0 Å². The van der Waals surface area contributed by atoms with Crippen molar-refractivity contribution >= 4 is 11.9 Å². The molecule has 1 N–H and O–H groups in total. The lowest BCUT2D eigenvalue weighted by atomic mass is 10.1. The highest BCUT2D eigenvalue weighted by atomic mass is 19.4. The molecule has 3 aromatic rings. The lowest BCUT2D eigenvalue weighted by Crippen LogP contribution is -2.51. The first kappa shape index (κ1) is 31.9. The molecular weight excluding hydrogens is 584 g/mol. The van der Waals surface area contributed by atoms with Gasteiger partial charge in [0.15, 0.2) is 0 Å². The lowest BCUT2D eigenvalue weighted by Gasteiger charge is -2.36. The Hall–Kier alpha value is -4.05. The highest BCUT2D eigenvalue weighted by Crippen LogP contribution is 2.29. The van der Waals surface area contributed by atoms with Crippen molar-refractivity contribution < 1.29 is 35.9 Å². The monoisotopic (exact) mass is 613 g/mol. The van der Waals surface area contributed by atoms with Gasteiger partial charge < -0.3 is 14.5 Å². The second-order valence-corrected chi connectivity index (χ2v) is 10.0. The lowest BCUT2D eigenvalue weighted by molar-refractivity contribution is -0.139. The largest absolute Gasteiger partial charge is 0.421 e. The predicted molar refractivity (Wildman–Crippen MR) is 142 cm³/mol. The third-order valence-electron chi connectivity index (χ3n) is 6.91. The number of halogens is 6. The number of anilines is 1. The molecule has 232 valence electrons. The highest BCUT2D eigenvalue weighted by Gasteiger charge is 2.35. The molecule has 0 bridgehead atoms. The van der Waals surface area contributed by atoms with E-state index in [2.05, 4.69) is 15.1 Å². The van der Waals surface area contributed by atoms with Gasteiger partial charge in [0.2, 0.25) is 11.9 Å². The van der Waals surface area contributed by atoms with E-state index < -0.39 is 35.1 Å². The summed E-state index contributed by atoms with van der Waals surface area (Å²) in [6, 6.07) is 9.41. The maximum Gasteiger partial charge on any atom is 0.421 e. The summed E-state index contributed by atoms with van der Waals surface area (Å²) in [6.45, 7) is 1.34. The van der Waals surface area contributed by atoms with Crippen LogP contribution in [0.15, 0.2) is 53.6 Å². The summed E-state index contributed by atoms with van der Waals surface area (Å²) in [5, 5.41) is 5.61. The first-order valence-electron chi connectivity index (χ1n) is 13.2. The average molecular weight is 614 g/mol. The molecule has 16 heteroatoms. The van der Waals surface area contributed by atoms with Gasteiger partial charge in [-0.05, 0) is 18.7 Å². The number of alkyl halides is 6. The highest BCUT2D eigenvalue weighted by molar-refractivity contribution is 5.77. The normalized spacial score (nSPS) is 15.2. The number of aromatic amines is 1. The Morgan fingerprint density at radius 1 is 1.02 bits per heavy atom. The van der Waals surface area contributed by atoms with E-state index in [4.69, 9.17) is 4.74 Å². The van der Waals surface area contributed by atoms with E-state index in [1.165, 1.54) is 0 Å². The number of carbonyl (C=O) groups excluding carboxylic acids is 1. The second-order valence-electron chi connectivity index (χ2n) is 10.0. The van der Waals surface area contributed by atoms with E-state index in [0.29, 0.717) is 31.5 Å². The van der Waals surface area contributed by atoms with Crippen LogP contribution >= 0.6 is 0 Å². The molecule has 2 aromatic heterocycles. The molecule has 1 saturated heterocycles. The van der Waals surface area contributed by atoms with Gasteiger partial charge in [0.05, 0.1) is 24.5 Å². The van der Waals surface area contributed by atoms with Gasteiger partial charge in [0, 0.05) is 57.6 Å². The van der Waals surface area contributed by atoms with Crippen molar-refractivity contribution in [2.45, 2.75) is 38.0 Å². The number of piperazine rings is 1. The van der Waals surface area contributed by atoms with Crippen LogP contribution in [0.5, 0.6) is 0 Å². The molecular formula is C27H29F6N7O3. The van der Waals surface area contributed by atoms with E-state index >= 15 is 0 Å². The molecule has 4 rings (SSSR count). The Morgan fingerprint density at radius 3 is 2.28 bits per heavy atom. The topological polar surface area (TPSA) is 108 Å². The maximum absolute atomic E-state index is 13.3. The van der Waals surface area contributed by atoms with E-state index in [0.717, 1.165) is 5.56 Å². The molecule has 1 fully saturated rings. The number of benzene rings is 1. The molecule has 1 aliphatic heterocycles. The van der Waals surface area contributed by atoms with Crippen molar-refractivity contribution in [3.05, 3.63) is 81.5 Å². The van der Waals surface area contributed by atoms with E-state index in [1.54, 1.807) is 21.7 Å². The number of ether oxygens (including phenoxy) is 1. The minimum Gasteiger partial charge on any atom is -0.375 e. The molecule has 0 spiro atoms. The van der Waals surface area contributed by atoms with Gasteiger partial charge in [-0.3, -0.25) is 14.5 Å². The fourth-order valence-electron chi connectivity index (χ4n) is 4.47. The standard InChI is InChI=1S/C27H29F6N7O3/c1-38(15-20-11-22(27(31,32)33)24(42)37-36-20)21(17-43-16-18-5-3-2-4-6-18)12-23(41)39-7-9-40(10-8-39)25-34-13-19(14-35-25)26(28,29)30/h2-6,11,13-14,21H,7-10,12,15-17H2,1H3,(H,37,42)/t21-/m1/s1. The minimum atomic E-state index is -4.86. The van der Waals surface area contributed by atoms with Crippen molar-refractivity contribution in [2.75, 3.05) is 44.7 Å². The van der Waals surface area contributed by atoms with Gasteiger partial charge >= 0.3 is 12.4 Å². The maximum atomic E-state index is 13.3. The van der Waals surface area contributed by atoms with Crippen LogP contribution in [0, 0.1) is 0 Å². The van der Waals surface area contributed by atoms with Crippen LogP contribution in [0.2, 0.25) is 0 Å². The Balaban J connectivity index is 1.40. The fraction of sp³-hybridized carbons (Fsp3) is 0.444.